The third-order valence-electron chi connectivity index (χ3n) is 14.6. The molecule has 0 atom stereocenters. The normalized spacial score (nSPS) is 11.7. The minimum Gasteiger partial charge on any atom is -0.207 e. The molecule has 7 rings (SSSR count). The number of halogens is 20. The first-order valence-electron chi connectivity index (χ1n) is 22.4. The molecule has 0 amide bonds. The molecule has 0 radical (unpaired) electrons. The summed E-state index contributed by atoms with van der Waals surface area (Å²) in [5.74, 6) is -71.4. The quantitative estimate of drug-likeness (QED) is 0.0646. The van der Waals surface area contributed by atoms with Gasteiger partial charge < -0.3 is 0 Å². The van der Waals surface area contributed by atoms with Gasteiger partial charge in [-0.15, -0.1) is 21.9 Å². The van der Waals surface area contributed by atoms with Gasteiger partial charge >= 0.3 is 199 Å². The fraction of sp³-hybridized carbons (Fsp3) is 0.222. The van der Waals surface area contributed by atoms with Crippen molar-refractivity contribution in [3.05, 3.63) is 201 Å². The molecular formula is C54H39BF20Sn. The molecule has 0 bridgehead atoms. The van der Waals surface area contributed by atoms with Gasteiger partial charge in [-0.1, -0.05) is 0 Å². The van der Waals surface area contributed by atoms with Crippen LogP contribution in [0.15, 0.2) is 18.2 Å². The van der Waals surface area contributed by atoms with Crippen molar-refractivity contribution < 1.29 is 87.8 Å². The van der Waals surface area contributed by atoms with Gasteiger partial charge in [-0.25, -0.2) is 87.8 Å². The third-order valence-corrected chi connectivity index (χ3v) is 25.3. The van der Waals surface area contributed by atoms with E-state index in [1.807, 2.05) is 0 Å². The van der Waals surface area contributed by atoms with Crippen molar-refractivity contribution in [1.82, 2.24) is 0 Å². The first-order chi connectivity index (χ1) is 35.1. The third kappa shape index (κ3) is 8.82. The zero-order chi connectivity index (χ0) is 57.7. The van der Waals surface area contributed by atoms with Crippen LogP contribution in [0.2, 0.25) is 0 Å². The van der Waals surface area contributed by atoms with Crippen LogP contribution in [0.1, 0.15) is 66.8 Å². The Morgan fingerprint density at radius 1 is 0.211 bits per heavy atom. The first-order valence-corrected chi connectivity index (χ1v) is 26.7. The Kier molecular flexibility index (Phi) is 16.4. The summed E-state index contributed by atoms with van der Waals surface area (Å²) in [5.41, 5.74) is 3.44. The molecule has 0 aromatic heterocycles. The average molecular weight is 1200 g/mol. The van der Waals surface area contributed by atoms with E-state index in [1.165, 1.54) is 66.8 Å². The molecule has 0 aliphatic heterocycles. The summed E-state index contributed by atoms with van der Waals surface area (Å²) in [6, 6.07) is 7.16. The van der Waals surface area contributed by atoms with Crippen LogP contribution >= 0.6 is 0 Å². The van der Waals surface area contributed by atoms with Crippen LogP contribution in [0, 0.1) is 199 Å². The van der Waals surface area contributed by atoms with Crippen LogP contribution < -0.4 is 32.6 Å². The smallest absolute Gasteiger partial charge is 0.200 e. The summed E-state index contributed by atoms with van der Waals surface area (Å²) < 4.78 is 299. The summed E-state index contributed by atoms with van der Waals surface area (Å²) in [6.07, 6.45) is -7.22. The fourth-order valence-corrected chi connectivity index (χ4v) is 22.0. The standard InChI is InChI=1S/C24BF20.3C10H13.Sn/c26-5-1(6(27)14(35)21(42)13(5)34)25(2-7(28)15(36)22(43)16(37)8(2)29,3-9(30)17(38)23(44)18(39)10(3)31)4-11(32)19(40)24(45)20(41)12(4)33;3*1-7-5-9(3)10(4)6-8(7)2;/h;3*5H,1-4H3;/q-1;;;;+1. The Bertz CT molecular complexity index is 3010. The van der Waals surface area contributed by atoms with Gasteiger partial charge in [0.2, 0.25) is 0 Å². The molecule has 0 unspecified atom stereocenters. The molecule has 0 aliphatic rings. The van der Waals surface area contributed by atoms with Crippen molar-refractivity contribution >= 4 is 58.5 Å². The van der Waals surface area contributed by atoms with E-state index in [4.69, 9.17) is 0 Å². The summed E-state index contributed by atoms with van der Waals surface area (Å²) in [4.78, 5) is 0. The Labute approximate surface area is 429 Å². The van der Waals surface area contributed by atoms with E-state index in [-0.39, 0.29) is 0 Å². The van der Waals surface area contributed by atoms with E-state index in [1.54, 1.807) is 10.7 Å². The summed E-state index contributed by atoms with van der Waals surface area (Å²) in [7, 11) is 0. The molecule has 0 heterocycles. The predicted molar refractivity (Wildman–Crippen MR) is 250 cm³/mol. The summed E-state index contributed by atoms with van der Waals surface area (Å²) in [6.45, 7) is 28.0. The molecule has 402 valence electrons. The monoisotopic (exact) mass is 1200 g/mol. The maximum atomic E-state index is 15.4. The number of rotatable bonds is 7. The van der Waals surface area contributed by atoms with Crippen molar-refractivity contribution in [1.29, 1.82) is 0 Å². The Hall–Kier alpha value is -6.00. The van der Waals surface area contributed by atoms with Gasteiger partial charge in [-0.3, -0.25) is 0 Å². The van der Waals surface area contributed by atoms with E-state index in [0.717, 1.165) is 0 Å². The van der Waals surface area contributed by atoms with Gasteiger partial charge in [-0.05, 0) is 0 Å². The minimum atomic E-state index is -7.22. The van der Waals surface area contributed by atoms with Crippen LogP contribution in [0.3, 0.4) is 0 Å². The van der Waals surface area contributed by atoms with Gasteiger partial charge in [0.15, 0.2) is 69.8 Å². The molecule has 76 heavy (non-hydrogen) atoms. The maximum absolute atomic E-state index is 15.4. The SMILES string of the molecule is Cc1cc(C)c(C)[c]([Sn+]([c]2c(C)c(C)cc(C)c2C)[c]2c(C)c(C)cc(C)c2C)c1C.Fc1c(F)c(F)c([B-](c2c(F)c(F)c(F)c(F)c2F)(c2c(F)c(F)c(F)c(F)c2F)c2c(F)c(F)c(F)c(F)c2F)c(F)c1F. The van der Waals surface area contributed by atoms with Crippen LogP contribution in [0.25, 0.3) is 0 Å². The van der Waals surface area contributed by atoms with Gasteiger partial charge in [0, 0.05) is 0 Å². The fourth-order valence-electron chi connectivity index (χ4n) is 10.0. The number of hydrogen-bond donors (Lipinski definition) is 0. The molecule has 0 nitrogen and oxygen atoms in total. The van der Waals surface area contributed by atoms with E-state index in [2.05, 4.69) is 101 Å². The molecule has 0 spiro atoms. The summed E-state index contributed by atoms with van der Waals surface area (Å²) >= 11 is -2.53. The van der Waals surface area contributed by atoms with E-state index in [0.29, 0.717) is 0 Å². The molecule has 0 aliphatic carbocycles. The van der Waals surface area contributed by atoms with Crippen molar-refractivity contribution in [2.45, 2.75) is 83.1 Å². The molecule has 0 N–H and O–H groups in total. The zero-order valence-corrected chi connectivity index (χ0v) is 44.7. The van der Waals surface area contributed by atoms with Crippen LogP contribution in [-0.4, -0.2) is 25.9 Å². The molecule has 7 aromatic rings. The van der Waals surface area contributed by atoms with Crippen molar-refractivity contribution in [2.75, 3.05) is 0 Å². The molecule has 0 fully saturated rings. The van der Waals surface area contributed by atoms with Crippen LogP contribution in [-0.2, 0) is 0 Å². The largest absolute Gasteiger partial charge is 0.207 e. The average Bonchev–Trinajstić information content (AvgIpc) is 3.37. The van der Waals surface area contributed by atoms with Crippen molar-refractivity contribution in [3.8, 4) is 0 Å². The van der Waals surface area contributed by atoms with Crippen LogP contribution in [0.5, 0.6) is 0 Å². The molecule has 0 saturated carbocycles. The molecule has 0 saturated heterocycles. The van der Waals surface area contributed by atoms with E-state index < -0.39 is 164 Å². The van der Waals surface area contributed by atoms with Gasteiger partial charge in [0.25, 0.3) is 0 Å². The first kappa shape index (κ1) is 59.3. The van der Waals surface area contributed by atoms with Gasteiger partial charge in [-0.2, -0.15) is 0 Å². The van der Waals surface area contributed by atoms with Crippen molar-refractivity contribution in [2.24, 2.45) is 0 Å². The van der Waals surface area contributed by atoms with E-state index in [9.17, 15) is 52.7 Å². The van der Waals surface area contributed by atoms with E-state index >= 15 is 35.1 Å². The molecular weight excluding hydrogens is 1160 g/mol. The second-order valence-corrected chi connectivity index (χ2v) is 25.0. The second kappa shape index (κ2) is 21.1. The maximum Gasteiger partial charge on any atom is 0.200 e. The number of hydrogen-bond acceptors (Lipinski definition) is 0. The van der Waals surface area contributed by atoms with Gasteiger partial charge in [0.05, 0.1) is 0 Å². The number of aryl methyl sites for hydroxylation is 6. The minimum absolute atomic E-state index is 1.44. The predicted octanol–water partition coefficient (Wildman–Crippen LogP) is 11.7. The Morgan fingerprint density at radius 3 is 0.461 bits per heavy atom. The zero-order valence-electron chi connectivity index (χ0n) is 41.9. The topological polar surface area (TPSA) is 0 Å². The molecule has 7 aromatic carbocycles. The van der Waals surface area contributed by atoms with Crippen molar-refractivity contribution in [3.63, 3.8) is 0 Å². The molecule has 22 heteroatoms. The van der Waals surface area contributed by atoms with Crippen LogP contribution in [0.4, 0.5) is 87.8 Å². The second-order valence-electron chi connectivity index (χ2n) is 18.6. The summed E-state index contributed by atoms with van der Waals surface area (Å²) in [5, 5.41) is 0. The van der Waals surface area contributed by atoms with Gasteiger partial charge in [0.1, 0.15) is 52.7 Å². The Balaban J connectivity index is 0.000000264. The number of benzene rings is 7. The Morgan fingerprint density at radius 2 is 0.329 bits per heavy atom.